The average molecular weight is 239 g/mol. The zero-order valence-electron chi connectivity index (χ0n) is 8.12. The molecule has 2 aromatic rings. The molecule has 0 aliphatic carbocycles. The third-order valence-corrected chi connectivity index (χ3v) is 2.79. The molecule has 0 atom stereocenters. The maximum Gasteiger partial charge on any atom is 0.386 e. The van der Waals surface area contributed by atoms with Crippen LogP contribution >= 0.6 is 0 Å². The van der Waals surface area contributed by atoms with E-state index in [1.807, 2.05) is 18.2 Å². The van der Waals surface area contributed by atoms with Crippen molar-refractivity contribution in [2.24, 2.45) is 0 Å². The van der Waals surface area contributed by atoms with Crippen LogP contribution in [-0.4, -0.2) is 13.7 Å². The van der Waals surface area contributed by atoms with Crippen LogP contribution in [0.2, 0.25) is 0 Å². The quantitative estimate of drug-likeness (QED) is 0.634. The Morgan fingerprint density at radius 1 is 1.06 bits per heavy atom. The summed E-state index contributed by atoms with van der Waals surface area (Å²) in [4.78, 5) is 0. The lowest BCUT2D eigenvalue weighted by atomic mass is 10.1. The molecule has 0 saturated carbocycles. The Kier molecular flexibility index (Phi) is 2.78. The van der Waals surface area contributed by atoms with E-state index in [0.29, 0.717) is 5.69 Å². The van der Waals surface area contributed by atoms with Crippen molar-refractivity contribution in [3.05, 3.63) is 42.5 Å². The maximum absolute atomic E-state index is 11.0. The van der Waals surface area contributed by atoms with Gasteiger partial charge in [0.25, 0.3) is 0 Å². The van der Waals surface area contributed by atoms with Crippen LogP contribution < -0.4 is 4.72 Å². The topological polar surface area (TPSA) is 75.6 Å². The van der Waals surface area contributed by atoms with Gasteiger partial charge in [0.15, 0.2) is 0 Å². The second-order valence-electron chi connectivity index (χ2n) is 3.16. The van der Waals surface area contributed by atoms with E-state index in [1.54, 1.807) is 24.3 Å². The number of anilines is 1. The van der Waals surface area contributed by atoms with E-state index in [1.165, 1.54) is 0 Å². The predicted molar refractivity (Wildman–Crippen MR) is 60.2 cm³/mol. The van der Waals surface area contributed by atoms with Crippen molar-refractivity contribution in [1.29, 1.82) is 0 Å². The fourth-order valence-corrected chi connectivity index (χ4v) is 1.95. The van der Waals surface area contributed by atoms with Crippen molar-refractivity contribution in [2.45, 2.75) is 0 Å². The second kappa shape index (κ2) is 4.09. The Morgan fingerprint density at radius 2 is 1.75 bits per heavy atom. The Hall–Kier alpha value is -1.63. The van der Waals surface area contributed by atoms with Gasteiger partial charge in [0.05, 0.1) is 5.69 Å². The second-order valence-corrected chi connectivity index (χ2v) is 4.42. The number of benzene rings is 2. The molecule has 84 valence electrons. The summed E-state index contributed by atoms with van der Waals surface area (Å²) in [5, 5.41) is 9.79. The van der Waals surface area contributed by atoms with Crippen LogP contribution in [0.4, 0.5) is 5.69 Å². The van der Waals surface area contributed by atoms with E-state index in [4.69, 9.17) is 5.26 Å². The van der Waals surface area contributed by atoms with Gasteiger partial charge in [-0.05, 0) is 11.5 Å². The van der Waals surface area contributed by atoms with Crippen molar-refractivity contribution < 1.29 is 18.0 Å². The number of nitrogens with one attached hydrogen (secondary N) is 1. The molecule has 0 radical (unpaired) electrons. The number of fused-ring (bicyclic) bond motifs is 1. The normalized spacial score (nSPS) is 11.6. The minimum absolute atomic E-state index is 0.354. The minimum Gasteiger partial charge on any atom is -0.258 e. The van der Waals surface area contributed by atoms with E-state index in [2.05, 4.69) is 9.06 Å². The Morgan fingerprint density at radius 3 is 2.50 bits per heavy atom. The smallest absolute Gasteiger partial charge is 0.258 e. The zero-order valence-corrected chi connectivity index (χ0v) is 8.94. The van der Waals surface area contributed by atoms with Gasteiger partial charge < -0.3 is 0 Å². The van der Waals surface area contributed by atoms with Gasteiger partial charge in [-0.3, -0.25) is 4.72 Å². The minimum atomic E-state index is -4.16. The van der Waals surface area contributed by atoms with Crippen molar-refractivity contribution in [3.63, 3.8) is 0 Å². The lowest BCUT2D eigenvalue weighted by Gasteiger charge is -2.07. The molecule has 0 unspecified atom stereocenters. The number of hydrogen-bond acceptors (Lipinski definition) is 4. The number of hydrogen-bond donors (Lipinski definition) is 2. The highest BCUT2D eigenvalue weighted by molar-refractivity contribution is 7.88. The van der Waals surface area contributed by atoms with Gasteiger partial charge in [-0.2, -0.15) is 8.42 Å². The molecule has 2 rings (SSSR count). The molecule has 16 heavy (non-hydrogen) atoms. The first-order chi connectivity index (χ1) is 7.62. The summed E-state index contributed by atoms with van der Waals surface area (Å²) < 4.78 is 27.5. The van der Waals surface area contributed by atoms with E-state index in [0.717, 1.165) is 10.8 Å². The summed E-state index contributed by atoms with van der Waals surface area (Å²) in [5.74, 6) is 0. The molecule has 0 heterocycles. The molecule has 0 amide bonds. The van der Waals surface area contributed by atoms with Crippen LogP contribution in [0.3, 0.4) is 0 Å². The predicted octanol–water partition coefficient (Wildman–Crippen LogP) is 1.99. The van der Waals surface area contributed by atoms with Gasteiger partial charge in [-0.1, -0.05) is 40.7 Å². The Bertz CT molecular complexity index is 604. The molecule has 0 aromatic heterocycles. The lowest BCUT2D eigenvalue weighted by molar-refractivity contribution is -0.129. The van der Waals surface area contributed by atoms with Gasteiger partial charge in [0, 0.05) is 5.39 Å². The standard InChI is InChI=1S/C10H9NO4S/c12-15-16(13,14)11-10-7-3-5-8-4-1-2-6-9(8)10/h1-7,11-12H. The zero-order chi connectivity index (χ0) is 11.6. The largest absolute Gasteiger partial charge is 0.386 e. The number of rotatable bonds is 3. The lowest BCUT2D eigenvalue weighted by Crippen LogP contribution is -2.14. The molecule has 2 aromatic carbocycles. The highest BCUT2D eigenvalue weighted by Crippen LogP contribution is 2.23. The fourth-order valence-electron chi connectivity index (χ4n) is 1.47. The molecule has 0 saturated heterocycles. The average Bonchev–Trinajstić information content (AvgIpc) is 2.29. The van der Waals surface area contributed by atoms with Crippen molar-refractivity contribution in [1.82, 2.24) is 0 Å². The molecule has 0 aliphatic rings. The van der Waals surface area contributed by atoms with Gasteiger partial charge in [0.1, 0.15) is 0 Å². The van der Waals surface area contributed by atoms with Crippen LogP contribution in [-0.2, 0) is 14.6 Å². The Labute approximate surface area is 92.5 Å². The first-order valence-corrected chi connectivity index (χ1v) is 5.87. The van der Waals surface area contributed by atoms with Gasteiger partial charge in [-0.15, -0.1) is 0 Å². The first-order valence-electron chi connectivity index (χ1n) is 4.46. The van der Waals surface area contributed by atoms with Crippen molar-refractivity contribution in [2.75, 3.05) is 4.72 Å². The van der Waals surface area contributed by atoms with Crippen molar-refractivity contribution >= 4 is 26.8 Å². The summed E-state index contributed by atoms with van der Waals surface area (Å²) in [6.07, 6.45) is 0. The summed E-state index contributed by atoms with van der Waals surface area (Å²) in [5.41, 5.74) is 0.354. The van der Waals surface area contributed by atoms with Gasteiger partial charge in [0.2, 0.25) is 0 Å². The monoisotopic (exact) mass is 239 g/mol. The van der Waals surface area contributed by atoms with Crippen LogP contribution in [0, 0.1) is 0 Å². The molecule has 5 nitrogen and oxygen atoms in total. The third-order valence-electron chi connectivity index (χ3n) is 2.12. The Balaban J connectivity index is 2.53. The maximum atomic E-state index is 11.0. The van der Waals surface area contributed by atoms with Crippen molar-refractivity contribution in [3.8, 4) is 0 Å². The first kappa shape index (κ1) is 10.9. The molecule has 0 aliphatic heterocycles. The van der Waals surface area contributed by atoms with Gasteiger partial charge in [-0.25, -0.2) is 5.26 Å². The highest BCUT2D eigenvalue weighted by Gasteiger charge is 2.11. The SMILES string of the molecule is O=S(=O)(Nc1cccc2ccccc12)OO. The van der Waals surface area contributed by atoms with E-state index >= 15 is 0 Å². The van der Waals surface area contributed by atoms with Crippen LogP contribution in [0.15, 0.2) is 42.5 Å². The molecule has 6 heteroatoms. The fraction of sp³-hybridized carbons (Fsp3) is 0. The molecule has 0 spiro atoms. The summed E-state index contributed by atoms with van der Waals surface area (Å²) in [7, 11) is -4.16. The van der Waals surface area contributed by atoms with E-state index in [-0.39, 0.29) is 0 Å². The molecule has 0 bridgehead atoms. The molecular weight excluding hydrogens is 230 g/mol. The summed E-state index contributed by atoms with van der Waals surface area (Å²) >= 11 is 0. The third kappa shape index (κ3) is 2.13. The molecular formula is C10H9NO4S. The van der Waals surface area contributed by atoms with Crippen LogP contribution in [0.1, 0.15) is 0 Å². The highest BCUT2D eigenvalue weighted by atomic mass is 32.2. The van der Waals surface area contributed by atoms with E-state index < -0.39 is 10.3 Å². The molecule has 2 N–H and O–H groups in total. The van der Waals surface area contributed by atoms with Crippen LogP contribution in [0.5, 0.6) is 0 Å². The van der Waals surface area contributed by atoms with Gasteiger partial charge >= 0.3 is 10.3 Å². The summed E-state index contributed by atoms with van der Waals surface area (Å²) in [6, 6.07) is 12.4. The summed E-state index contributed by atoms with van der Waals surface area (Å²) in [6.45, 7) is 0. The molecule has 0 fully saturated rings. The van der Waals surface area contributed by atoms with Crippen LogP contribution in [0.25, 0.3) is 10.8 Å². The van der Waals surface area contributed by atoms with E-state index in [9.17, 15) is 8.42 Å².